The second kappa shape index (κ2) is 2.21. The van der Waals surface area contributed by atoms with Crippen molar-refractivity contribution in [2.45, 2.75) is 27.7 Å². The van der Waals surface area contributed by atoms with Gasteiger partial charge in [0.05, 0.1) is 0 Å². The topological polar surface area (TPSA) is 23.1 Å². The summed E-state index contributed by atoms with van der Waals surface area (Å²) < 4.78 is 0. The molecule has 0 aromatic heterocycles. The Hall–Kier alpha value is -0.460. The van der Waals surface area contributed by atoms with Crippen molar-refractivity contribution < 1.29 is 5.11 Å². The molecule has 0 bridgehead atoms. The zero-order valence-corrected chi connectivity index (χ0v) is 5.99. The van der Waals surface area contributed by atoms with Crippen molar-refractivity contribution in [2.24, 2.45) is 5.41 Å². The molecule has 0 unspecified atom stereocenters. The monoisotopic (exact) mass is 113 g/mol. The number of rotatable bonds is 0. The van der Waals surface area contributed by atoms with Gasteiger partial charge in [0.1, 0.15) is 0 Å². The third-order valence-electron chi connectivity index (χ3n) is 1.00. The van der Waals surface area contributed by atoms with E-state index in [-0.39, 0.29) is 11.2 Å². The molecule has 0 spiro atoms. The van der Waals surface area contributed by atoms with Crippen molar-refractivity contribution in [2.75, 3.05) is 0 Å². The first kappa shape index (κ1) is 7.54. The Kier molecular flexibility index (Phi) is 2.08. The molecule has 0 saturated carbocycles. The summed E-state index contributed by atoms with van der Waals surface area (Å²) >= 11 is 0. The molecule has 1 heteroatoms. The van der Waals surface area contributed by atoms with Gasteiger partial charge in [-0.25, -0.2) is 0 Å². The van der Waals surface area contributed by atoms with E-state index in [4.69, 9.17) is 0 Å². The Labute approximate surface area is 51.0 Å². The molecule has 0 atom stereocenters. The highest BCUT2D eigenvalue weighted by molar-refractivity contribution is 4.96. The molecule has 0 fully saturated rings. The lowest BCUT2D eigenvalue weighted by molar-refractivity contribution is -0.322. The van der Waals surface area contributed by atoms with Crippen molar-refractivity contribution in [3.05, 3.63) is 11.8 Å². The van der Waals surface area contributed by atoms with Crippen LogP contribution in [0.5, 0.6) is 0 Å². The van der Waals surface area contributed by atoms with Crippen LogP contribution in [0.1, 0.15) is 27.7 Å². The number of hydrogen-bond acceptors (Lipinski definition) is 1. The van der Waals surface area contributed by atoms with Gasteiger partial charge < -0.3 is 5.11 Å². The first-order valence-electron chi connectivity index (χ1n) is 2.82. The molecule has 0 N–H and O–H groups in total. The van der Waals surface area contributed by atoms with Gasteiger partial charge in [-0.3, -0.25) is 0 Å². The lowest BCUT2D eigenvalue weighted by atomic mass is 9.94. The van der Waals surface area contributed by atoms with Crippen LogP contribution in [0.15, 0.2) is 11.8 Å². The van der Waals surface area contributed by atoms with Crippen LogP contribution in [0.25, 0.3) is 0 Å². The smallest absolute Gasteiger partial charge is 0.0278 e. The highest BCUT2D eigenvalue weighted by Crippen LogP contribution is 2.19. The zero-order chi connectivity index (χ0) is 6.78. The average Bonchev–Trinajstić information content (AvgIpc) is 1.62. The normalized spacial score (nSPS) is 14.2. The van der Waals surface area contributed by atoms with E-state index in [2.05, 4.69) is 0 Å². The minimum absolute atomic E-state index is 0.186. The first-order valence-corrected chi connectivity index (χ1v) is 2.82. The largest absolute Gasteiger partial charge is 0.875 e. The molecule has 0 aliphatic carbocycles. The Morgan fingerprint density at radius 3 is 1.75 bits per heavy atom. The van der Waals surface area contributed by atoms with Crippen molar-refractivity contribution in [3.8, 4) is 0 Å². The maximum Gasteiger partial charge on any atom is -0.0278 e. The van der Waals surface area contributed by atoms with Gasteiger partial charge in [0.2, 0.25) is 0 Å². The van der Waals surface area contributed by atoms with E-state index >= 15 is 0 Å². The van der Waals surface area contributed by atoms with Gasteiger partial charge in [0, 0.05) is 0 Å². The van der Waals surface area contributed by atoms with Gasteiger partial charge >= 0.3 is 0 Å². The van der Waals surface area contributed by atoms with Gasteiger partial charge in [-0.05, 0) is 12.3 Å². The molecule has 0 aliphatic rings. The van der Waals surface area contributed by atoms with Gasteiger partial charge in [-0.15, -0.1) is 5.76 Å². The highest BCUT2D eigenvalue weighted by Gasteiger charge is 2.05. The van der Waals surface area contributed by atoms with E-state index in [0.29, 0.717) is 0 Å². The van der Waals surface area contributed by atoms with Crippen LogP contribution < -0.4 is 5.11 Å². The van der Waals surface area contributed by atoms with Crippen LogP contribution in [-0.2, 0) is 0 Å². The summed E-state index contributed by atoms with van der Waals surface area (Å²) in [5.74, 6) is 0.206. The van der Waals surface area contributed by atoms with Gasteiger partial charge in [0.25, 0.3) is 0 Å². The fraction of sp³-hybridized carbons (Fsp3) is 0.714. The summed E-state index contributed by atoms with van der Waals surface area (Å²) in [6.07, 6.45) is 1.61. The molecule has 0 aliphatic heterocycles. The molecule has 48 valence electrons. The van der Waals surface area contributed by atoms with E-state index in [1.807, 2.05) is 20.8 Å². The van der Waals surface area contributed by atoms with Crippen LogP contribution in [0.4, 0.5) is 0 Å². The summed E-state index contributed by atoms with van der Waals surface area (Å²) in [6.45, 7) is 7.51. The van der Waals surface area contributed by atoms with E-state index in [0.717, 1.165) is 0 Å². The zero-order valence-electron chi connectivity index (χ0n) is 5.99. The Morgan fingerprint density at radius 2 is 1.75 bits per heavy atom. The van der Waals surface area contributed by atoms with Crippen LogP contribution in [0.2, 0.25) is 0 Å². The Bertz CT molecular complexity index is 95.4. The molecular weight excluding hydrogens is 100 g/mol. The fourth-order valence-electron chi connectivity index (χ4n) is 0.433. The molecule has 1 nitrogen and oxygen atoms in total. The molecule has 8 heavy (non-hydrogen) atoms. The Balaban J connectivity index is 4.03. The highest BCUT2D eigenvalue weighted by atomic mass is 16.3. The standard InChI is InChI=1S/C7H14O/c1-5-6(8)7(2,3)4/h5,8H,1-4H3/p-1/b6-5-. The van der Waals surface area contributed by atoms with E-state index in [9.17, 15) is 5.11 Å². The lowest BCUT2D eigenvalue weighted by Crippen LogP contribution is -2.19. The molecular formula is C7H13O-. The molecule has 0 aromatic rings. The van der Waals surface area contributed by atoms with Crippen molar-refractivity contribution in [3.63, 3.8) is 0 Å². The quantitative estimate of drug-likeness (QED) is 0.434. The molecule has 0 aromatic carbocycles. The average molecular weight is 113 g/mol. The summed E-state index contributed by atoms with van der Waals surface area (Å²) in [7, 11) is 0. The minimum Gasteiger partial charge on any atom is -0.875 e. The predicted molar refractivity (Wildman–Crippen MR) is 33.2 cm³/mol. The lowest BCUT2D eigenvalue weighted by Gasteiger charge is -2.27. The summed E-state index contributed by atoms with van der Waals surface area (Å²) in [5, 5.41) is 10.8. The van der Waals surface area contributed by atoms with Crippen molar-refractivity contribution >= 4 is 0 Å². The summed E-state index contributed by atoms with van der Waals surface area (Å²) in [5.41, 5.74) is -0.186. The third kappa shape index (κ3) is 2.01. The molecule has 0 rings (SSSR count). The maximum atomic E-state index is 10.8. The van der Waals surface area contributed by atoms with Crippen molar-refractivity contribution in [1.29, 1.82) is 0 Å². The first-order chi connectivity index (χ1) is 3.48. The third-order valence-corrected chi connectivity index (χ3v) is 1.00. The SMILES string of the molecule is C/C=C(\[O-])C(C)(C)C. The van der Waals surface area contributed by atoms with Crippen LogP contribution >= 0.6 is 0 Å². The van der Waals surface area contributed by atoms with Crippen LogP contribution in [0, 0.1) is 5.41 Å². The Morgan fingerprint density at radius 1 is 1.38 bits per heavy atom. The van der Waals surface area contributed by atoms with E-state index < -0.39 is 0 Å². The second-order valence-electron chi connectivity index (χ2n) is 2.90. The van der Waals surface area contributed by atoms with Gasteiger partial charge in [-0.1, -0.05) is 26.8 Å². The molecule has 0 radical (unpaired) electrons. The van der Waals surface area contributed by atoms with Crippen molar-refractivity contribution in [1.82, 2.24) is 0 Å². The van der Waals surface area contributed by atoms with Crippen LogP contribution in [0.3, 0.4) is 0 Å². The fourth-order valence-corrected chi connectivity index (χ4v) is 0.433. The van der Waals surface area contributed by atoms with E-state index in [1.165, 1.54) is 0 Å². The molecule has 0 heterocycles. The van der Waals surface area contributed by atoms with E-state index in [1.54, 1.807) is 13.0 Å². The second-order valence-corrected chi connectivity index (χ2v) is 2.90. The number of allylic oxidation sites excluding steroid dienone is 2. The number of hydrogen-bond donors (Lipinski definition) is 0. The maximum absolute atomic E-state index is 10.8. The predicted octanol–water partition coefficient (Wildman–Crippen LogP) is 1.30. The van der Waals surface area contributed by atoms with Crippen LogP contribution in [-0.4, -0.2) is 0 Å². The molecule has 0 amide bonds. The summed E-state index contributed by atoms with van der Waals surface area (Å²) in [4.78, 5) is 0. The molecule has 0 saturated heterocycles. The summed E-state index contributed by atoms with van der Waals surface area (Å²) in [6, 6.07) is 0. The van der Waals surface area contributed by atoms with Gasteiger partial charge in [0.15, 0.2) is 0 Å². The minimum atomic E-state index is -0.186. The van der Waals surface area contributed by atoms with Gasteiger partial charge in [-0.2, -0.15) is 0 Å².